The average Bonchev–Trinajstić information content (AvgIpc) is 3.05. The molecule has 7 heteroatoms. The minimum absolute atomic E-state index is 0.259. The Hall–Kier alpha value is -2.70. The van der Waals surface area contributed by atoms with Gasteiger partial charge in [-0.1, -0.05) is 6.07 Å². The summed E-state index contributed by atoms with van der Waals surface area (Å²) in [5, 5.41) is 0.975. The Bertz CT molecular complexity index is 747. The van der Waals surface area contributed by atoms with E-state index in [0.717, 1.165) is 29.7 Å². The van der Waals surface area contributed by atoms with Crippen LogP contribution in [0.5, 0.6) is 0 Å². The maximum absolute atomic E-state index is 11.8. The molecule has 0 unspecified atom stereocenters. The number of nitrogens with one attached hydrogen (secondary N) is 1. The Morgan fingerprint density at radius 1 is 1.21 bits per heavy atom. The minimum Gasteiger partial charge on any atom is -0.464 e. The molecule has 0 radical (unpaired) electrons. The van der Waals surface area contributed by atoms with Gasteiger partial charge in [-0.3, -0.25) is 0 Å². The van der Waals surface area contributed by atoms with Crippen molar-refractivity contribution in [3.05, 3.63) is 30.0 Å². The van der Waals surface area contributed by atoms with E-state index in [-0.39, 0.29) is 12.1 Å². The molecular formula is C17H21N3O4. The molecule has 128 valence electrons. The third-order valence-corrected chi connectivity index (χ3v) is 4.19. The number of fused-ring (bicyclic) bond motifs is 1. The summed E-state index contributed by atoms with van der Waals surface area (Å²) in [6.07, 6.45) is -0.259. The molecule has 0 bridgehead atoms. The predicted octanol–water partition coefficient (Wildman–Crippen LogP) is 2.23. The smallest absolute Gasteiger partial charge is 0.409 e. The van der Waals surface area contributed by atoms with Crippen LogP contribution < -0.4 is 4.90 Å². The molecule has 1 saturated heterocycles. The van der Waals surface area contributed by atoms with Crippen LogP contribution in [0.25, 0.3) is 10.9 Å². The van der Waals surface area contributed by atoms with E-state index in [1.165, 1.54) is 7.11 Å². The fourth-order valence-electron chi connectivity index (χ4n) is 2.98. The summed E-state index contributed by atoms with van der Waals surface area (Å²) in [5.74, 6) is -0.385. The first-order valence-electron chi connectivity index (χ1n) is 8.00. The van der Waals surface area contributed by atoms with Gasteiger partial charge in [-0.05, 0) is 25.1 Å². The molecule has 1 aliphatic rings. The Kier molecular flexibility index (Phi) is 4.59. The number of hydrogen-bond acceptors (Lipinski definition) is 5. The summed E-state index contributed by atoms with van der Waals surface area (Å²) in [5.41, 5.74) is 2.37. The second-order valence-electron chi connectivity index (χ2n) is 5.59. The van der Waals surface area contributed by atoms with Crippen molar-refractivity contribution in [2.24, 2.45) is 0 Å². The van der Waals surface area contributed by atoms with E-state index in [0.29, 0.717) is 25.4 Å². The lowest BCUT2D eigenvalue weighted by Crippen LogP contribution is -2.49. The second kappa shape index (κ2) is 6.82. The van der Waals surface area contributed by atoms with Crippen LogP contribution in [0.2, 0.25) is 0 Å². The van der Waals surface area contributed by atoms with Crippen LogP contribution in [-0.2, 0) is 9.47 Å². The van der Waals surface area contributed by atoms with Crippen molar-refractivity contribution in [1.29, 1.82) is 0 Å². The number of methoxy groups -OCH3 is 1. The van der Waals surface area contributed by atoms with Crippen LogP contribution in [0.15, 0.2) is 24.3 Å². The van der Waals surface area contributed by atoms with Gasteiger partial charge in [0.15, 0.2) is 0 Å². The Morgan fingerprint density at radius 3 is 2.62 bits per heavy atom. The number of amides is 1. The Labute approximate surface area is 140 Å². The number of piperazine rings is 1. The number of nitrogens with zero attached hydrogens (tertiary/aromatic N) is 2. The highest BCUT2D eigenvalue weighted by atomic mass is 16.6. The van der Waals surface area contributed by atoms with Crippen molar-refractivity contribution in [2.75, 3.05) is 44.8 Å². The summed E-state index contributed by atoms with van der Waals surface area (Å²) >= 11 is 0. The number of esters is 1. The van der Waals surface area contributed by atoms with Crippen molar-refractivity contribution in [3.63, 3.8) is 0 Å². The fraction of sp³-hybridized carbons (Fsp3) is 0.412. The van der Waals surface area contributed by atoms with Crippen LogP contribution in [0.3, 0.4) is 0 Å². The number of H-pyrrole nitrogens is 1. The number of rotatable bonds is 3. The second-order valence-corrected chi connectivity index (χ2v) is 5.59. The fourth-order valence-corrected chi connectivity index (χ4v) is 2.98. The maximum atomic E-state index is 11.8. The number of aromatic nitrogens is 1. The van der Waals surface area contributed by atoms with Gasteiger partial charge in [-0.2, -0.15) is 0 Å². The topological polar surface area (TPSA) is 74.9 Å². The van der Waals surface area contributed by atoms with Crippen LogP contribution in [0.4, 0.5) is 10.5 Å². The molecule has 2 heterocycles. The normalized spacial score (nSPS) is 14.8. The number of hydrogen-bond donors (Lipinski definition) is 1. The largest absolute Gasteiger partial charge is 0.464 e. The lowest BCUT2D eigenvalue weighted by molar-refractivity contribution is 0.0595. The molecule has 0 aliphatic carbocycles. The predicted molar refractivity (Wildman–Crippen MR) is 90.4 cm³/mol. The number of ether oxygens (including phenoxy) is 2. The van der Waals surface area contributed by atoms with Gasteiger partial charge >= 0.3 is 12.1 Å². The summed E-state index contributed by atoms with van der Waals surface area (Å²) < 4.78 is 9.82. The molecule has 0 atom stereocenters. The highest BCUT2D eigenvalue weighted by Gasteiger charge is 2.23. The van der Waals surface area contributed by atoms with Crippen LogP contribution in [0.1, 0.15) is 17.4 Å². The third kappa shape index (κ3) is 3.02. The lowest BCUT2D eigenvalue weighted by Gasteiger charge is -2.35. The van der Waals surface area contributed by atoms with Crippen molar-refractivity contribution in [1.82, 2.24) is 9.88 Å². The Morgan fingerprint density at radius 2 is 1.96 bits per heavy atom. The monoisotopic (exact) mass is 331 g/mol. The molecule has 0 spiro atoms. The molecule has 3 rings (SSSR count). The number of benzene rings is 1. The number of carbonyl (C=O) groups excluding carboxylic acids is 2. The highest BCUT2D eigenvalue weighted by molar-refractivity contribution is 6.00. The van der Waals surface area contributed by atoms with E-state index in [9.17, 15) is 9.59 Å². The first kappa shape index (κ1) is 16.2. The molecular weight excluding hydrogens is 310 g/mol. The summed E-state index contributed by atoms with van der Waals surface area (Å²) in [4.78, 5) is 30.5. The maximum Gasteiger partial charge on any atom is 0.409 e. The van der Waals surface area contributed by atoms with E-state index < -0.39 is 0 Å². The molecule has 1 aliphatic heterocycles. The summed E-state index contributed by atoms with van der Waals surface area (Å²) in [7, 11) is 1.36. The minimum atomic E-state index is -0.385. The first-order chi connectivity index (χ1) is 11.6. The zero-order chi connectivity index (χ0) is 17.1. The lowest BCUT2D eigenvalue weighted by atomic mass is 10.1. The van der Waals surface area contributed by atoms with Gasteiger partial charge in [0.05, 0.1) is 13.7 Å². The van der Waals surface area contributed by atoms with Crippen molar-refractivity contribution >= 4 is 28.7 Å². The summed E-state index contributed by atoms with van der Waals surface area (Å²) in [6.45, 7) is 4.86. The first-order valence-corrected chi connectivity index (χ1v) is 8.00. The average molecular weight is 331 g/mol. The van der Waals surface area contributed by atoms with E-state index in [2.05, 4.69) is 9.88 Å². The van der Waals surface area contributed by atoms with Gasteiger partial charge < -0.3 is 24.3 Å². The standard InChI is InChI=1S/C17H21N3O4/c1-3-24-17(22)20-9-7-19(8-10-20)15-6-4-5-13-12(15)11-14(18-13)16(21)23-2/h4-6,11,18H,3,7-10H2,1-2H3. The van der Waals surface area contributed by atoms with Crippen LogP contribution in [-0.4, -0.2) is 61.8 Å². The highest BCUT2D eigenvalue weighted by Crippen LogP contribution is 2.28. The number of anilines is 1. The summed E-state index contributed by atoms with van der Waals surface area (Å²) in [6, 6.07) is 7.72. The molecule has 7 nitrogen and oxygen atoms in total. The molecule has 2 aromatic rings. The molecule has 1 fully saturated rings. The van der Waals surface area contributed by atoms with Gasteiger partial charge in [0.2, 0.25) is 0 Å². The van der Waals surface area contributed by atoms with Crippen molar-refractivity contribution in [2.45, 2.75) is 6.92 Å². The SMILES string of the molecule is CCOC(=O)N1CCN(c2cccc3[nH]c(C(=O)OC)cc23)CC1. The molecule has 1 aromatic heterocycles. The number of aromatic amines is 1. The van der Waals surface area contributed by atoms with Gasteiger partial charge in [0.1, 0.15) is 5.69 Å². The van der Waals surface area contributed by atoms with E-state index in [4.69, 9.17) is 9.47 Å². The molecule has 24 heavy (non-hydrogen) atoms. The molecule has 1 N–H and O–H groups in total. The molecule has 0 saturated carbocycles. The third-order valence-electron chi connectivity index (χ3n) is 4.19. The van der Waals surface area contributed by atoms with Crippen LogP contribution >= 0.6 is 0 Å². The van der Waals surface area contributed by atoms with Crippen molar-refractivity contribution < 1.29 is 19.1 Å². The van der Waals surface area contributed by atoms with E-state index in [1.807, 2.05) is 24.3 Å². The van der Waals surface area contributed by atoms with Gasteiger partial charge in [0.25, 0.3) is 0 Å². The quantitative estimate of drug-likeness (QED) is 0.873. The Balaban J connectivity index is 1.79. The van der Waals surface area contributed by atoms with E-state index >= 15 is 0 Å². The van der Waals surface area contributed by atoms with E-state index in [1.54, 1.807) is 11.8 Å². The van der Waals surface area contributed by atoms with Gasteiger partial charge in [-0.25, -0.2) is 9.59 Å². The zero-order valence-corrected chi connectivity index (χ0v) is 13.9. The van der Waals surface area contributed by atoms with Crippen molar-refractivity contribution in [3.8, 4) is 0 Å². The molecule has 1 amide bonds. The molecule has 1 aromatic carbocycles. The number of carbonyl (C=O) groups is 2. The zero-order valence-electron chi connectivity index (χ0n) is 13.9. The van der Waals surface area contributed by atoms with Gasteiger partial charge in [0, 0.05) is 42.8 Å². The van der Waals surface area contributed by atoms with Gasteiger partial charge in [-0.15, -0.1) is 0 Å². The van der Waals surface area contributed by atoms with Crippen LogP contribution in [0, 0.1) is 0 Å².